The number of carbonyl (C=O) groups excluding carboxylic acids is 3. The molecule has 1 aliphatic rings. The van der Waals surface area contributed by atoms with Crippen molar-refractivity contribution in [2.45, 2.75) is 6.92 Å². The van der Waals surface area contributed by atoms with E-state index in [9.17, 15) is 14.4 Å². The highest BCUT2D eigenvalue weighted by Gasteiger charge is 2.27. The Morgan fingerprint density at radius 1 is 1.08 bits per heavy atom. The van der Waals surface area contributed by atoms with E-state index in [0.717, 1.165) is 5.69 Å². The maximum Gasteiger partial charge on any atom is 0.324 e. The molecule has 1 fully saturated rings. The zero-order valence-corrected chi connectivity index (χ0v) is 19.7. The van der Waals surface area contributed by atoms with Gasteiger partial charge < -0.3 is 20.4 Å². The molecule has 0 saturated carbocycles. The van der Waals surface area contributed by atoms with Gasteiger partial charge in [0.2, 0.25) is 5.91 Å². The highest BCUT2D eigenvalue weighted by atomic mass is 19.1. The van der Waals surface area contributed by atoms with Crippen LogP contribution in [0.5, 0.6) is 0 Å². The highest BCUT2D eigenvalue weighted by molar-refractivity contribution is 6.08. The molecule has 5 rings (SSSR count). The molecule has 0 unspecified atom stereocenters. The number of rotatable bonds is 5. The summed E-state index contributed by atoms with van der Waals surface area (Å²) >= 11 is 0. The summed E-state index contributed by atoms with van der Waals surface area (Å²) in [4.78, 5) is 44.4. The fraction of sp³-hybridized carbons (Fsp3) is 0.154. The Bertz CT molecular complexity index is 1530. The largest absolute Gasteiger partial charge is 0.366 e. The number of nitrogens with one attached hydrogen (secondary N) is 1. The molecule has 1 aliphatic heterocycles. The van der Waals surface area contributed by atoms with E-state index in [2.05, 4.69) is 10.3 Å². The molecule has 0 atom stereocenters. The van der Waals surface area contributed by atoms with Crippen molar-refractivity contribution in [3.8, 4) is 11.1 Å². The summed E-state index contributed by atoms with van der Waals surface area (Å²) in [6.07, 6.45) is 3.24. The van der Waals surface area contributed by atoms with Gasteiger partial charge in [0, 0.05) is 55.0 Å². The monoisotopic (exact) mass is 486 g/mol. The van der Waals surface area contributed by atoms with Crippen LogP contribution in [0.25, 0.3) is 16.6 Å². The third-order valence-corrected chi connectivity index (χ3v) is 6.14. The number of likely N-dealkylation sites (N-methyl/N-ethyl adjacent to an activating group) is 1. The van der Waals surface area contributed by atoms with Crippen molar-refractivity contribution in [2.24, 2.45) is 5.73 Å². The number of fused-ring (bicyclic) bond motifs is 1. The van der Waals surface area contributed by atoms with E-state index in [1.54, 1.807) is 72.6 Å². The Hall–Kier alpha value is -4.73. The number of carbonyl (C=O) groups is 3. The van der Waals surface area contributed by atoms with Crippen LogP contribution in [0.1, 0.15) is 26.5 Å². The SMILES string of the molecule is Cc1cn2cc(-c3ccc(N4CCN(C)C4=O)cc3)c(F)c2c(C(=O)Nc2cccc(C(N)=O)c2)n1. The zero-order chi connectivity index (χ0) is 25.6. The van der Waals surface area contributed by atoms with Crippen molar-refractivity contribution >= 4 is 34.7 Å². The van der Waals surface area contributed by atoms with Crippen molar-refractivity contribution in [3.05, 3.63) is 83.7 Å². The quantitative estimate of drug-likeness (QED) is 0.448. The summed E-state index contributed by atoms with van der Waals surface area (Å²) < 4.78 is 17.3. The molecule has 3 N–H and O–H groups in total. The number of anilines is 2. The predicted octanol–water partition coefficient (Wildman–Crippen LogP) is 3.67. The summed E-state index contributed by atoms with van der Waals surface area (Å²) in [6, 6.07) is 13.1. The molecule has 0 radical (unpaired) electrons. The molecule has 0 spiro atoms. The number of hydrogen-bond acceptors (Lipinski definition) is 4. The molecule has 9 nitrogen and oxygen atoms in total. The van der Waals surface area contributed by atoms with Crippen LogP contribution in [0.4, 0.5) is 20.6 Å². The molecule has 1 saturated heterocycles. The molecule has 10 heteroatoms. The average Bonchev–Trinajstić information content (AvgIpc) is 3.37. The Labute approximate surface area is 205 Å². The number of nitrogens with zero attached hydrogens (tertiary/aromatic N) is 4. The molecule has 182 valence electrons. The summed E-state index contributed by atoms with van der Waals surface area (Å²) in [5.74, 6) is -1.85. The van der Waals surface area contributed by atoms with Gasteiger partial charge in [-0.1, -0.05) is 18.2 Å². The van der Waals surface area contributed by atoms with E-state index in [0.29, 0.717) is 35.6 Å². The first-order chi connectivity index (χ1) is 17.2. The van der Waals surface area contributed by atoms with Gasteiger partial charge in [-0.05, 0) is 42.8 Å². The van der Waals surface area contributed by atoms with Crippen LogP contribution in [0.2, 0.25) is 0 Å². The predicted molar refractivity (Wildman–Crippen MR) is 134 cm³/mol. The van der Waals surface area contributed by atoms with E-state index in [4.69, 9.17) is 5.73 Å². The van der Waals surface area contributed by atoms with Crippen LogP contribution in [-0.2, 0) is 0 Å². The summed E-state index contributed by atoms with van der Waals surface area (Å²) in [5.41, 5.74) is 7.96. The number of urea groups is 1. The van der Waals surface area contributed by atoms with Gasteiger partial charge in [-0.2, -0.15) is 0 Å². The average molecular weight is 487 g/mol. The lowest BCUT2D eigenvalue weighted by molar-refractivity contribution is 0.0995. The van der Waals surface area contributed by atoms with Gasteiger partial charge in [0.05, 0.1) is 5.69 Å². The third kappa shape index (κ3) is 4.02. The number of nitrogens with two attached hydrogens (primary N) is 1. The van der Waals surface area contributed by atoms with Crippen molar-refractivity contribution < 1.29 is 18.8 Å². The summed E-state index contributed by atoms with van der Waals surface area (Å²) in [7, 11) is 1.75. The topological polar surface area (TPSA) is 113 Å². The van der Waals surface area contributed by atoms with E-state index in [1.807, 2.05) is 0 Å². The van der Waals surface area contributed by atoms with Crippen LogP contribution in [-0.4, -0.2) is 52.3 Å². The maximum absolute atomic E-state index is 15.7. The van der Waals surface area contributed by atoms with Gasteiger partial charge in [0.25, 0.3) is 5.91 Å². The van der Waals surface area contributed by atoms with E-state index in [1.165, 1.54) is 16.5 Å². The number of amides is 4. The lowest BCUT2D eigenvalue weighted by Crippen LogP contribution is -2.29. The molecule has 36 heavy (non-hydrogen) atoms. The number of primary amides is 1. The molecule has 0 bridgehead atoms. The lowest BCUT2D eigenvalue weighted by Gasteiger charge is -2.16. The van der Waals surface area contributed by atoms with Gasteiger partial charge >= 0.3 is 6.03 Å². The fourth-order valence-corrected chi connectivity index (χ4v) is 4.30. The molecular weight excluding hydrogens is 463 g/mol. The Kier molecular flexibility index (Phi) is 5.63. The molecule has 2 aromatic carbocycles. The van der Waals surface area contributed by atoms with Crippen LogP contribution in [0, 0.1) is 12.7 Å². The Balaban J connectivity index is 1.49. The highest BCUT2D eigenvalue weighted by Crippen LogP contribution is 2.31. The second-order valence-corrected chi connectivity index (χ2v) is 8.65. The van der Waals surface area contributed by atoms with Gasteiger partial charge in [0.15, 0.2) is 11.5 Å². The first-order valence-corrected chi connectivity index (χ1v) is 11.2. The van der Waals surface area contributed by atoms with Gasteiger partial charge in [-0.25, -0.2) is 14.2 Å². The fourth-order valence-electron chi connectivity index (χ4n) is 4.30. The number of halogens is 1. The second kappa shape index (κ2) is 8.81. The summed E-state index contributed by atoms with van der Waals surface area (Å²) in [6.45, 7) is 2.94. The number of aryl methyl sites for hydroxylation is 1. The molecule has 3 heterocycles. The molecule has 2 aromatic heterocycles. The van der Waals surface area contributed by atoms with Crippen molar-refractivity contribution in [3.63, 3.8) is 0 Å². The smallest absolute Gasteiger partial charge is 0.324 e. The van der Waals surface area contributed by atoms with Crippen LogP contribution < -0.4 is 16.0 Å². The normalized spacial score (nSPS) is 13.5. The van der Waals surface area contributed by atoms with Crippen molar-refractivity contribution in [1.82, 2.24) is 14.3 Å². The third-order valence-electron chi connectivity index (χ3n) is 6.14. The standard InChI is InChI=1S/C26H23FN6O3/c1-15-13-32-14-20(16-6-8-19(9-7-16)33-11-10-31(2)26(33)36)21(27)23(32)22(29-15)25(35)30-18-5-3-4-17(12-18)24(28)34/h3-9,12-14H,10-11H2,1-2H3,(H2,28,34)(H,30,35). The number of benzene rings is 2. The number of hydrogen-bond donors (Lipinski definition) is 2. The van der Waals surface area contributed by atoms with Crippen molar-refractivity contribution in [2.75, 3.05) is 30.4 Å². The zero-order valence-electron chi connectivity index (χ0n) is 19.7. The molecule has 4 amide bonds. The maximum atomic E-state index is 15.7. The summed E-state index contributed by atoms with van der Waals surface area (Å²) in [5, 5.41) is 2.66. The van der Waals surface area contributed by atoms with E-state index < -0.39 is 17.6 Å². The van der Waals surface area contributed by atoms with E-state index >= 15 is 4.39 Å². The lowest BCUT2D eigenvalue weighted by atomic mass is 10.1. The van der Waals surface area contributed by atoms with Crippen LogP contribution >= 0.6 is 0 Å². The van der Waals surface area contributed by atoms with Gasteiger partial charge in [-0.15, -0.1) is 0 Å². The van der Waals surface area contributed by atoms with Crippen LogP contribution in [0.15, 0.2) is 60.9 Å². The first-order valence-electron chi connectivity index (χ1n) is 11.2. The first kappa shape index (κ1) is 23.0. The number of aromatic nitrogens is 2. The van der Waals surface area contributed by atoms with E-state index in [-0.39, 0.29) is 22.8 Å². The minimum Gasteiger partial charge on any atom is -0.366 e. The minimum absolute atomic E-state index is 0.0274. The van der Waals surface area contributed by atoms with Gasteiger partial charge in [-0.3, -0.25) is 14.5 Å². The minimum atomic E-state index is -0.628. The molecule has 0 aliphatic carbocycles. The van der Waals surface area contributed by atoms with Gasteiger partial charge in [0.1, 0.15) is 5.52 Å². The van der Waals surface area contributed by atoms with Crippen molar-refractivity contribution in [1.29, 1.82) is 0 Å². The molecular formula is C26H23FN6O3. The van der Waals surface area contributed by atoms with Crippen LogP contribution in [0.3, 0.4) is 0 Å². The molecule has 4 aromatic rings. The Morgan fingerprint density at radius 2 is 1.83 bits per heavy atom. The Morgan fingerprint density at radius 3 is 2.50 bits per heavy atom. The second-order valence-electron chi connectivity index (χ2n) is 8.65.